The molecule has 0 fully saturated rings. The average Bonchev–Trinajstić information content (AvgIpc) is 2.53. The van der Waals surface area contributed by atoms with Crippen LogP contribution in [-0.2, 0) is 7.05 Å². The molecule has 0 saturated heterocycles. The molecule has 15 heavy (non-hydrogen) atoms. The second-order valence-corrected chi connectivity index (χ2v) is 3.47. The average molecular weight is 204 g/mol. The lowest BCUT2D eigenvalue weighted by molar-refractivity contribution is 0.860. The van der Waals surface area contributed by atoms with Gasteiger partial charge in [0.1, 0.15) is 5.82 Å². The summed E-state index contributed by atoms with van der Waals surface area (Å²) in [6.07, 6.45) is 1.72. The Balaban J connectivity index is 2.60. The smallest absolute Gasteiger partial charge is 0.250 e. The van der Waals surface area contributed by atoms with Gasteiger partial charge in [0.2, 0.25) is 0 Å². The van der Waals surface area contributed by atoms with E-state index in [4.69, 9.17) is 5.73 Å². The van der Waals surface area contributed by atoms with Crippen molar-refractivity contribution >= 4 is 5.82 Å². The predicted octanol–water partition coefficient (Wildman–Crippen LogP) is 0.666. The molecule has 0 spiro atoms. The van der Waals surface area contributed by atoms with Crippen molar-refractivity contribution in [1.82, 2.24) is 14.8 Å². The number of H-pyrrole nitrogens is 1. The summed E-state index contributed by atoms with van der Waals surface area (Å²) in [4.78, 5) is 11.4. The molecule has 0 aliphatic heterocycles. The van der Waals surface area contributed by atoms with Crippen molar-refractivity contribution in [3.8, 4) is 11.3 Å². The molecule has 0 saturated carbocycles. The molecular formula is C10H12N4O. The molecule has 0 bridgehead atoms. The number of nitrogens with one attached hydrogen (secondary N) is 1. The number of nitrogens with two attached hydrogens (primary N) is 1. The van der Waals surface area contributed by atoms with Gasteiger partial charge in [-0.05, 0) is 13.0 Å². The van der Waals surface area contributed by atoms with Crippen LogP contribution in [0.4, 0.5) is 5.82 Å². The highest BCUT2D eigenvalue weighted by Gasteiger charge is 2.08. The molecule has 0 aliphatic rings. The number of nitrogen functional groups attached to an aromatic ring is 1. The lowest BCUT2D eigenvalue weighted by Gasteiger charge is -2.01. The minimum absolute atomic E-state index is 0.0555. The van der Waals surface area contributed by atoms with Gasteiger partial charge >= 0.3 is 0 Å². The summed E-state index contributed by atoms with van der Waals surface area (Å²) in [6.45, 7) is 1.87. The summed E-state index contributed by atoms with van der Waals surface area (Å²) in [7, 11) is 1.71. The Bertz CT molecular complexity index is 553. The topological polar surface area (TPSA) is 76.7 Å². The maximum Gasteiger partial charge on any atom is 0.250 e. The summed E-state index contributed by atoms with van der Waals surface area (Å²) >= 11 is 0. The van der Waals surface area contributed by atoms with Crippen LogP contribution in [0.3, 0.4) is 0 Å². The first-order chi connectivity index (χ1) is 7.09. The van der Waals surface area contributed by atoms with Crippen LogP contribution in [0.1, 0.15) is 5.56 Å². The zero-order chi connectivity index (χ0) is 11.0. The first kappa shape index (κ1) is 9.51. The molecule has 0 aliphatic carbocycles. The van der Waals surface area contributed by atoms with E-state index in [-0.39, 0.29) is 5.56 Å². The quantitative estimate of drug-likeness (QED) is 0.716. The molecule has 78 valence electrons. The van der Waals surface area contributed by atoms with E-state index in [9.17, 15) is 4.79 Å². The lowest BCUT2D eigenvalue weighted by Crippen LogP contribution is -2.14. The number of rotatable bonds is 1. The molecule has 2 rings (SSSR count). The Morgan fingerprint density at radius 3 is 2.80 bits per heavy atom. The van der Waals surface area contributed by atoms with Gasteiger partial charge in [0, 0.05) is 30.4 Å². The van der Waals surface area contributed by atoms with Gasteiger partial charge in [0.15, 0.2) is 0 Å². The molecule has 2 heterocycles. The fourth-order valence-corrected chi connectivity index (χ4v) is 1.40. The number of anilines is 1. The highest BCUT2D eigenvalue weighted by molar-refractivity contribution is 5.66. The van der Waals surface area contributed by atoms with Crippen molar-refractivity contribution in [3.63, 3.8) is 0 Å². The van der Waals surface area contributed by atoms with Gasteiger partial charge in [-0.25, -0.2) is 0 Å². The van der Waals surface area contributed by atoms with Crippen molar-refractivity contribution < 1.29 is 0 Å². The molecule has 0 unspecified atom stereocenters. The molecule has 5 nitrogen and oxygen atoms in total. The number of aromatic amines is 1. The second-order valence-electron chi connectivity index (χ2n) is 3.47. The zero-order valence-electron chi connectivity index (χ0n) is 8.61. The number of hydrogen-bond donors (Lipinski definition) is 2. The monoisotopic (exact) mass is 204 g/mol. The van der Waals surface area contributed by atoms with Gasteiger partial charge in [-0.15, -0.1) is 0 Å². The minimum Gasteiger partial charge on any atom is -0.382 e. The molecule has 0 radical (unpaired) electrons. The van der Waals surface area contributed by atoms with Crippen LogP contribution in [0.5, 0.6) is 0 Å². The molecule has 3 N–H and O–H groups in total. The van der Waals surface area contributed by atoms with E-state index < -0.39 is 0 Å². The van der Waals surface area contributed by atoms with E-state index in [0.29, 0.717) is 5.82 Å². The van der Waals surface area contributed by atoms with Gasteiger partial charge in [0.05, 0.1) is 5.69 Å². The van der Waals surface area contributed by atoms with Gasteiger partial charge in [-0.1, -0.05) is 0 Å². The van der Waals surface area contributed by atoms with Crippen LogP contribution in [0.15, 0.2) is 23.1 Å². The molecule has 0 amide bonds. The van der Waals surface area contributed by atoms with Crippen molar-refractivity contribution in [1.29, 1.82) is 0 Å². The minimum atomic E-state index is -0.0555. The van der Waals surface area contributed by atoms with Crippen molar-refractivity contribution in [2.45, 2.75) is 6.92 Å². The molecular weight excluding hydrogens is 192 g/mol. The number of pyridine rings is 1. The summed E-state index contributed by atoms with van der Waals surface area (Å²) in [5.74, 6) is 0.464. The molecule has 2 aromatic heterocycles. The van der Waals surface area contributed by atoms with Gasteiger partial charge in [-0.2, -0.15) is 5.10 Å². The fraction of sp³-hybridized carbons (Fsp3) is 0.200. The third-order valence-corrected chi connectivity index (χ3v) is 2.44. The normalized spacial score (nSPS) is 10.5. The summed E-state index contributed by atoms with van der Waals surface area (Å²) in [6, 6.07) is 3.40. The number of aryl methyl sites for hydroxylation is 1. The molecule has 0 atom stereocenters. The maximum atomic E-state index is 11.4. The predicted molar refractivity (Wildman–Crippen MR) is 58.4 cm³/mol. The standard InChI is InChI=1S/C10H12N4O/c1-6-9(12-13-10(6)11)7-3-4-14(2)8(15)5-7/h3-5H,1-2H3,(H3,11,12,13). The van der Waals surface area contributed by atoms with E-state index in [1.54, 1.807) is 19.3 Å². The van der Waals surface area contributed by atoms with Crippen LogP contribution in [0.25, 0.3) is 11.3 Å². The summed E-state index contributed by atoms with van der Waals surface area (Å²) in [5, 5.41) is 6.70. The van der Waals surface area contributed by atoms with Crippen molar-refractivity contribution in [3.05, 3.63) is 34.2 Å². The Hall–Kier alpha value is -2.04. The van der Waals surface area contributed by atoms with Crippen molar-refractivity contribution in [2.75, 3.05) is 5.73 Å². The van der Waals surface area contributed by atoms with Crippen molar-refractivity contribution in [2.24, 2.45) is 7.05 Å². The summed E-state index contributed by atoms with van der Waals surface area (Å²) < 4.78 is 1.51. The largest absolute Gasteiger partial charge is 0.382 e. The van der Waals surface area contributed by atoms with Gasteiger partial charge < -0.3 is 10.3 Å². The fourth-order valence-electron chi connectivity index (χ4n) is 1.40. The van der Waals surface area contributed by atoms with E-state index >= 15 is 0 Å². The Kier molecular flexibility index (Phi) is 2.07. The van der Waals surface area contributed by atoms with Crippen LogP contribution >= 0.6 is 0 Å². The van der Waals surface area contributed by atoms with E-state index in [0.717, 1.165) is 16.8 Å². The summed E-state index contributed by atoms with van der Waals surface area (Å²) in [5.41, 5.74) is 8.03. The number of hydrogen-bond acceptors (Lipinski definition) is 3. The Morgan fingerprint density at radius 1 is 1.53 bits per heavy atom. The van der Waals surface area contributed by atoms with E-state index in [1.807, 2.05) is 13.0 Å². The number of aromatic nitrogens is 3. The van der Waals surface area contributed by atoms with Crippen LogP contribution in [0.2, 0.25) is 0 Å². The van der Waals surface area contributed by atoms with Gasteiger partial charge in [0.25, 0.3) is 5.56 Å². The molecule has 0 aromatic carbocycles. The number of nitrogens with zero attached hydrogens (tertiary/aromatic N) is 2. The second kappa shape index (κ2) is 3.27. The van der Waals surface area contributed by atoms with Crippen LogP contribution < -0.4 is 11.3 Å². The first-order valence-electron chi connectivity index (χ1n) is 4.57. The third-order valence-electron chi connectivity index (χ3n) is 2.44. The third kappa shape index (κ3) is 1.52. The van der Waals surface area contributed by atoms with Crippen LogP contribution in [-0.4, -0.2) is 14.8 Å². The molecule has 2 aromatic rings. The van der Waals surface area contributed by atoms with Crippen LogP contribution in [0, 0.1) is 6.92 Å². The first-order valence-corrected chi connectivity index (χ1v) is 4.57. The SMILES string of the molecule is Cc1c(N)n[nH]c1-c1ccn(C)c(=O)c1. The highest BCUT2D eigenvalue weighted by Crippen LogP contribution is 2.22. The Morgan fingerprint density at radius 2 is 2.27 bits per heavy atom. The molecule has 5 heteroatoms. The van der Waals surface area contributed by atoms with E-state index in [1.165, 1.54) is 4.57 Å². The highest BCUT2D eigenvalue weighted by atomic mass is 16.1. The van der Waals surface area contributed by atoms with Gasteiger partial charge in [-0.3, -0.25) is 9.89 Å². The zero-order valence-corrected chi connectivity index (χ0v) is 8.61. The maximum absolute atomic E-state index is 11.4. The lowest BCUT2D eigenvalue weighted by atomic mass is 10.1. The van der Waals surface area contributed by atoms with E-state index in [2.05, 4.69) is 10.2 Å². The Labute approximate surface area is 86.5 Å².